The first kappa shape index (κ1) is 18.1. The molecule has 8 nitrogen and oxygen atoms in total. The van der Waals surface area contributed by atoms with Crippen molar-refractivity contribution in [1.29, 1.82) is 0 Å². The van der Waals surface area contributed by atoms with Crippen molar-refractivity contribution in [3.63, 3.8) is 0 Å². The minimum atomic E-state index is -2.23. The Morgan fingerprint density at radius 2 is 2.23 bits per heavy atom. The summed E-state index contributed by atoms with van der Waals surface area (Å²) in [5, 5.41) is 4.78. The van der Waals surface area contributed by atoms with Crippen LogP contribution in [0.5, 0.6) is 0 Å². The molecule has 2 aromatic rings. The summed E-state index contributed by atoms with van der Waals surface area (Å²) in [6.45, 7) is 4.22. The molecule has 0 radical (unpaired) electrons. The Balaban J connectivity index is 1.35. The molecule has 1 N–H and O–H groups in total. The van der Waals surface area contributed by atoms with Crippen LogP contribution in [0, 0.1) is 12.8 Å². The number of nitrogens with zero attached hydrogens (tertiary/aromatic N) is 5. The Kier molecular flexibility index (Phi) is 5.15. The predicted molar refractivity (Wildman–Crippen MR) is 99.5 cm³/mol. The lowest BCUT2D eigenvalue weighted by atomic mass is 9.94. The fraction of sp³-hybridized carbons (Fsp3) is 0.625. The summed E-state index contributed by atoms with van der Waals surface area (Å²) in [4.78, 5) is 6.63. The second-order valence-corrected chi connectivity index (χ2v) is 8.39. The van der Waals surface area contributed by atoms with E-state index >= 15 is 0 Å². The average Bonchev–Trinajstić information content (AvgIpc) is 2.82. The van der Waals surface area contributed by atoms with Gasteiger partial charge >= 0.3 is 0 Å². The van der Waals surface area contributed by atoms with Crippen LogP contribution in [0.4, 0.5) is 5.82 Å². The minimum Gasteiger partial charge on any atom is -0.759 e. The monoisotopic (exact) mass is 397 g/mol. The molecule has 1 atom stereocenters. The molecule has 2 fully saturated rings. The zero-order valence-corrected chi connectivity index (χ0v) is 16.2. The van der Waals surface area contributed by atoms with Crippen LogP contribution in [0.15, 0.2) is 12.4 Å². The fourth-order valence-electron chi connectivity index (χ4n) is 3.54. The van der Waals surface area contributed by atoms with E-state index in [1.54, 1.807) is 4.52 Å². The van der Waals surface area contributed by atoms with Crippen LogP contribution in [-0.4, -0.2) is 53.5 Å². The Morgan fingerprint density at radius 3 is 2.88 bits per heavy atom. The van der Waals surface area contributed by atoms with E-state index < -0.39 is 11.3 Å². The Labute approximate surface area is 159 Å². The minimum absolute atomic E-state index is 0.308. The number of halogens is 1. The number of aryl methyl sites for hydroxylation is 1. The van der Waals surface area contributed by atoms with Crippen molar-refractivity contribution in [3.8, 4) is 0 Å². The molecule has 1 aliphatic heterocycles. The molecule has 0 aromatic carbocycles. The van der Waals surface area contributed by atoms with Gasteiger partial charge in [0.25, 0.3) is 0 Å². The lowest BCUT2D eigenvalue weighted by molar-refractivity contribution is 0.190. The molecule has 2 aliphatic rings. The molecule has 1 aliphatic carbocycles. The Morgan fingerprint density at radius 1 is 1.46 bits per heavy atom. The number of hydrogen-bond donors (Lipinski definition) is 1. The number of fused-ring (bicyclic) bond motifs is 1. The largest absolute Gasteiger partial charge is 0.759 e. The van der Waals surface area contributed by atoms with E-state index in [0.29, 0.717) is 23.7 Å². The predicted octanol–water partition coefficient (Wildman–Crippen LogP) is 1.67. The highest BCUT2D eigenvalue weighted by Crippen LogP contribution is 2.32. The van der Waals surface area contributed by atoms with E-state index in [1.165, 1.54) is 17.2 Å². The quantitative estimate of drug-likeness (QED) is 0.564. The summed E-state index contributed by atoms with van der Waals surface area (Å²) in [5.74, 6) is 1.34. The maximum Gasteiger partial charge on any atom is 0.156 e. The zero-order chi connectivity index (χ0) is 18.3. The number of hydrogen-bond acceptors (Lipinski definition) is 6. The highest BCUT2D eigenvalue weighted by molar-refractivity contribution is 7.76. The van der Waals surface area contributed by atoms with Gasteiger partial charge in [0.2, 0.25) is 0 Å². The molecule has 4 rings (SSSR count). The van der Waals surface area contributed by atoms with Crippen molar-refractivity contribution >= 4 is 34.2 Å². The second kappa shape index (κ2) is 7.40. The van der Waals surface area contributed by atoms with Gasteiger partial charge in [-0.25, -0.2) is 14.9 Å². The summed E-state index contributed by atoms with van der Waals surface area (Å²) in [6.07, 6.45) is 5.62. The number of hydrazine groups is 1. The van der Waals surface area contributed by atoms with Crippen LogP contribution in [0.25, 0.3) is 5.52 Å². The molecule has 1 saturated carbocycles. The molecule has 0 spiro atoms. The number of aromatic nitrogens is 3. The molecular weight excluding hydrogens is 376 g/mol. The van der Waals surface area contributed by atoms with Crippen LogP contribution in [0.3, 0.4) is 0 Å². The Hall–Kier alpha value is -1.26. The lowest BCUT2D eigenvalue weighted by Crippen LogP contribution is -2.52. The summed E-state index contributed by atoms with van der Waals surface area (Å²) in [7, 11) is 0. The van der Waals surface area contributed by atoms with E-state index in [4.69, 9.17) is 11.6 Å². The molecule has 10 heteroatoms. The molecule has 0 amide bonds. The second-order valence-electron chi connectivity index (χ2n) is 7.13. The van der Waals surface area contributed by atoms with Gasteiger partial charge in [-0.05, 0) is 43.7 Å². The SMILES string of the molecule is Cc1cc(Cl)n2ncnc(N3CC(CCN(NC4CCC4)S(=O)[O-])C3)c12. The van der Waals surface area contributed by atoms with Crippen molar-refractivity contribution in [2.45, 2.75) is 38.6 Å². The smallest absolute Gasteiger partial charge is 0.156 e. The first-order valence-corrected chi connectivity index (χ1v) is 10.3. The van der Waals surface area contributed by atoms with Crippen molar-refractivity contribution < 1.29 is 8.76 Å². The molecule has 1 saturated heterocycles. The summed E-state index contributed by atoms with van der Waals surface area (Å²) >= 11 is 3.97. The molecule has 26 heavy (non-hydrogen) atoms. The van der Waals surface area contributed by atoms with E-state index in [-0.39, 0.29) is 0 Å². The molecule has 0 bridgehead atoms. The first-order valence-electron chi connectivity index (χ1n) is 8.90. The fourth-order valence-corrected chi connectivity index (χ4v) is 4.32. The molecule has 142 valence electrons. The number of nitrogens with one attached hydrogen (secondary N) is 1. The van der Waals surface area contributed by atoms with Crippen molar-refractivity contribution in [2.75, 3.05) is 24.5 Å². The standard InChI is InChI=1S/C16H23ClN6O2S/c1-11-7-14(17)23-15(11)16(18-10-19-23)21-8-12(9-21)5-6-22(26(24)25)20-13-3-2-4-13/h7,10,12-13,20H,2-6,8-9H2,1H3,(H,24,25)/p-1. The van der Waals surface area contributed by atoms with E-state index in [1.807, 2.05) is 13.0 Å². The maximum atomic E-state index is 11.4. The zero-order valence-electron chi connectivity index (χ0n) is 14.6. The van der Waals surface area contributed by atoms with Crippen LogP contribution in [0.1, 0.15) is 31.2 Å². The van der Waals surface area contributed by atoms with Crippen LogP contribution in [-0.2, 0) is 11.3 Å². The number of rotatable bonds is 7. The normalized spacial score (nSPS) is 19.8. The van der Waals surface area contributed by atoms with E-state index in [0.717, 1.165) is 49.2 Å². The lowest BCUT2D eigenvalue weighted by Gasteiger charge is -2.42. The van der Waals surface area contributed by atoms with E-state index in [9.17, 15) is 8.76 Å². The van der Waals surface area contributed by atoms with Gasteiger partial charge in [0.1, 0.15) is 17.0 Å². The van der Waals surface area contributed by atoms with E-state index in [2.05, 4.69) is 20.4 Å². The van der Waals surface area contributed by atoms with Crippen molar-refractivity contribution in [2.24, 2.45) is 5.92 Å². The van der Waals surface area contributed by atoms with Gasteiger partial charge < -0.3 is 9.45 Å². The van der Waals surface area contributed by atoms with Gasteiger partial charge in [-0.15, -0.1) is 0 Å². The highest BCUT2D eigenvalue weighted by atomic mass is 35.5. The first-order chi connectivity index (χ1) is 12.5. The van der Waals surface area contributed by atoms with Gasteiger partial charge in [0.05, 0.1) is 0 Å². The Bertz CT molecular complexity index is 820. The molecule has 3 heterocycles. The molecular formula is C16H22ClN6O2S-. The van der Waals surface area contributed by atoms with Crippen molar-refractivity contribution in [1.82, 2.24) is 24.4 Å². The van der Waals surface area contributed by atoms with Crippen LogP contribution < -0.4 is 10.3 Å². The van der Waals surface area contributed by atoms with Gasteiger partial charge in [-0.2, -0.15) is 9.51 Å². The third-order valence-corrected chi connectivity index (χ3v) is 6.21. The maximum absolute atomic E-state index is 11.4. The van der Waals surface area contributed by atoms with Gasteiger partial charge in [-0.1, -0.05) is 18.0 Å². The number of anilines is 1. The third-order valence-electron chi connectivity index (χ3n) is 5.29. The topological polar surface area (TPSA) is 88.8 Å². The van der Waals surface area contributed by atoms with Gasteiger partial charge in [0, 0.05) is 36.9 Å². The summed E-state index contributed by atoms with van der Waals surface area (Å²) in [6, 6.07) is 2.20. The average molecular weight is 398 g/mol. The molecule has 1 unspecified atom stereocenters. The highest BCUT2D eigenvalue weighted by Gasteiger charge is 2.30. The summed E-state index contributed by atoms with van der Waals surface area (Å²) in [5.41, 5.74) is 5.09. The van der Waals surface area contributed by atoms with Crippen LogP contribution >= 0.6 is 11.6 Å². The molecule has 2 aromatic heterocycles. The summed E-state index contributed by atoms with van der Waals surface area (Å²) < 4.78 is 25.8. The third kappa shape index (κ3) is 3.46. The van der Waals surface area contributed by atoms with Crippen LogP contribution in [0.2, 0.25) is 5.15 Å². The van der Waals surface area contributed by atoms with Crippen molar-refractivity contribution in [3.05, 3.63) is 23.1 Å². The van der Waals surface area contributed by atoms with Gasteiger partial charge in [0.15, 0.2) is 5.82 Å². The van der Waals surface area contributed by atoms with Gasteiger partial charge in [-0.3, -0.25) is 4.21 Å².